The molecule has 2 rings (SSSR count). The third kappa shape index (κ3) is 1.23. The first-order valence-corrected chi connectivity index (χ1v) is 4.43. The van der Waals surface area contributed by atoms with Gasteiger partial charge in [-0.2, -0.15) is 4.99 Å². The molecule has 0 saturated heterocycles. The van der Waals surface area contributed by atoms with Crippen molar-refractivity contribution in [3.05, 3.63) is 29.4 Å². The highest BCUT2D eigenvalue weighted by Crippen LogP contribution is 2.33. The summed E-state index contributed by atoms with van der Waals surface area (Å²) in [6.45, 7) is 0. The molecule has 2 aromatic rings. The standard InChI is InChI=1S/C10H7ClN2O/c1-13-5-8(12-6-14)10-7(11)3-2-4-9(10)13/h2-5H,1H3. The smallest absolute Gasteiger partial charge is 0.240 e. The van der Waals surface area contributed by atoms with Gasteiger partial charge < -0.3 is 4.57 Å². The summed E-state index contributed by atoms with van der Waals surface area (Å²) < 4.78 is 1.87. The summed E-state index contributed by atoms with van der Waals surface area (Å²) in [5.41, 5.74) is 1.51. The van der Waals surface area contributed by atoms with Gasteiger partial charge in [-0.25, -0.2) is 4.79 Å². The lowest BCUT2D eigenvalue weighted by atomic mass is 10.2. The lowest BCUT2D eigenvalue weighted by molar-refractivity contribution is 0.565. The van der Waals surface area contributed by atoms with Gasteiger partial charge in [0.2, 0.25) is 6.08 Å². The van der Waals surface area contributed by atoms with Crippen LogP contribution in [0.5, 0.6) is 0 Å². The van der Waals surface area contributed by atoms with E-state index in [1.54, 1.807) is 12.3 Å². The van der Waals surface area contributed by atoms with Crippen molar-refractivity contribution >= 4 is 34.3 Å². The summed E-state index contributed by atoms with van der Waals surface area (Å²) in [5, 5.41) is 1.39. The van der Waals surface area contributed by atoms with Crippen LogP contribution in [0.15, 0.2) is 29.4 Å². The number of hydrogen-bond acceptors (Lipinski definition) is 2. The highest BCUT2D eigenvalue weighted by Gasteiger charge is 2.08. The topological polar surface area (TPSA) is 34.4 Å². The van der Waals surface area contributed by atoms with Gasteiger partial charge in [-0.05, 0) is 12.1 Å². The zero-order valence-electron chi connectivity index (χ0n) is 7.49. The van der Waals surface area contributed by atoms with E-state index in [2.05, 4.69) is 4.99 Å². The minimum atomic E-state index is 0.558. The molecule has 0 unspecified atom stereocenters. The summed E-state index contributed by atoms with van der Waals surface area (Å²) in [6.07, 6.45) is 3.27. The highest BCUT2D eigenvalue weighted by molar-refractivity contribution is 6.36. The number of nitrogens with zero attached hydrogens (tertiary/aromatic N) is 2. The molecule has 4 heteroatoms. The first-order chi connectivity index (χ1) is 6.74. The maximum Gasteiger partial charge on any atom is 0.240 e. The lowest BCUT2D eigenvalue weighted by Crippen LogP contribution is -1.82. The first kappa shape index (κ1) is 9.00. The van der Waals surface area contributed by atoms with Crippen molar-refractivity contribution in [2.75, 3.05) is 0 Å². The summed E-state index contributed by atoms with van der Waals surface area (Å²) >= 11 is 6.01. The number of isocyanates is 1. The van der Waals surface area contributed by atoms with Crippen molar-refractivity contribution in [2.24, 2.45) is 12.0 Å². The Bertz CT molecular complexity index is 538. The van der Waals surface area contributed by atoms with Crippen LogP contribution in [0, 0.1) is 0 Å². The van der Waals surface area contributed by atoms with E-state index in [-0.39, 0.29) is 0 Å². The van der Waals surface area contributed by atoms with Crippen LogP contribution in [-0.2, 0) is 11.8 Å². The van der Waals surface area contributed by atoms with Crippen molar-refractivity contribution < 1.29 is 4.79 Å². The van der Waals surface area contributed by atoms with Gasteiger partial charge in [-0.3, -0.25) is 0 Å². The summed E-state index contributed by atoms with van der Waals surface area (Å²) in [5.74, 6) is 0. The predicted octanol–water partition coefficient (Wildman–Crippen LogP) is 2.80. The van der Waals surface area contributed by atoms with Crippen molar-refractivity contribution in [1.29, 1.82) is 0 Å². The Morgan fingerprint density at radius 3 is 3.00 bits per heavy atom. The molecule has 0 fully saturated rings. The molecule has 0 aliphatic rings. The molecule has 0 spiro atoms. The first-order valence-electron chi connectivity index (χ1n) is 4.05. The van der Waals surface area contributed by atoms with Crippen LogP contribution in [-0.4, -0.2) is 10.6 Å². The quantitative estimate of drug-likeness (QED) is 0.522. The van der Waals surface area contributed by atoms with E-state index in [0.717, 1.165) is 10.9 Å². The molecule has 0 aliphatic heterocycles. The number of rotatable bonds is 1. The number of benzene rings is 1. The molecule has 0 amide bonds. The third-order valence-corrected chi connectivity index (χ3v) is 2.42. The van der Waals surface area contributed by atoms with Crippen molar-refractivity contribution in [3.8, 4) is 0 Å². The van der Waals surface area contributed by atoms with Crippen LogP contribution in [0.1, 0.15) is 0 Å². The number of hydrogen-bond donors (Lipinski definition) is 0. The van der Waals surface area contributed by atoms with Gasteiger partial charge in [-0.15, -0.1) is 0 Å². The molecule has 1 aromatic heterocycles. The van der Waals surface area contributed by atoms with E-state index >= 15 is 0 Å². The zero-order valence-corrected chi connectivity index (χ0v) is 8.25. The maximum absolute atomic E-state index is 10.2. The van der Waals surface area contributed by atoms with Crippen LogP contribution < -0.4 is 0 Å². The second-order valence-corrected chi connectivity index (χ2v) is 3.37. The van der Waals surface area contributed by atoms with Gasteiger partial charge in [-0.1, -0.05) is 17.7 Å². The van der Waals surface area contributed by atoms with Gasteiger partial charge in [0.05, 0.1) is 10.5 Å². The van der Waals surface area contributed by atoms with Crippen molar-refractivity contribution in [3.63, 3.8) is 0 Å². The maximum atomic E-state index is 10.2. The Morgan fingerprint density at radius 1 is 1.50 bits per heavy atom. The van der Waals surface area contributed by atoms with Crippen molar-refractivity contribution in [2.45, 2.75) is 0 Å². The minimum absolute atomic E-state index is 0.558. The van der Waals surface area contributed by atoms with Gasteiger partial charge in [0, 0.05) is 18.6 Å². The van der Waals surface area contributed by atoms with Crippen LogP contribution >= 0.6 is 11.6 Å². The molecule has 14 heavy (non-hydrogen) atoms. The number of halogens is 1. The van der Waals surface area contributed by atoms with Gasteiger partial charge in [0.25, 0.3) is 0 Å². The molecule has 3 nitrogen and oxygen atoms in total. The number of carbonyl (C=O) groups excluding carboxylic acids is 1. The monoisotopic (exact) mass is 206 g/mol. The molecule has 0 atom stereocenters. The third-order valence-electron chi connectivity index (χ3n) is 2.11. The lowest BCUT2D eigenvalue weighted by Gasteiger charge is -1.95. The highest BCUT2D eigenvalue weighted by atomic mass is 35.5. The van der Waals surface area contributed by atoms with Gasteiger partial charge in [0.1, 0.15) is 5.69 Å². The fourth-order valence-electron chi connectivity index (χ4n) is 1.51. The number of aryl methyl sites for hydroxylation is 1. The fourth-order valence-corrected chi connectivity index (χ4v) is 1.78. The second-order valence-electron chi connectivity index (χ2n) is 2.96. The number of fused-ring (bicyclic) bond motifs is 1. The summed E-state index contributed by atoms with van der Waals surface area (Å²) in [7, 11) is 1.88. The van der Waals surface area contributed by atoms with E-state index in [0.29, 0.717) is 10.7 Å². The molecule has 1 aromatic carbocycles. The molecular weight excluding hydrogens is 200 g/mol. The van der Waals surface area contributed by atoms with Crippen LogP contribution in [0.25, 0.3) is 10.9 Å². The molecule has 0 N–H and O–H groups in total. The Kier molecular flexibility index (Phi) is 2.12. The number of aliphatic imine (C=N–C) groups is 1. The molecule has 0 aliphatic carbocycles. The Morgan fingerprint density at radius 2 is 2.29 bits per heavy atom. The normalized spacial score (nSPS) is 10.1. The average molecular weight is 207 g/mol. The second kappa shape index (κ2) is 3.29. The van der Waals surface area contributed by atoms with E-state index in [9.17, 15) is 4.79 Å². The number of aromatic nitrogens is 1. The van der Waals surface area contributed by atoms with Crippen molar-refractivity contribution in [1.82, 2.24) is 4.57 Å². The largest absolute Gasteiger partial charge is 0.348 e. The van der Waals surface area contributed by atoms with Gasteiger partial charge in [0.15, 0.2) is 0 Å². The van der Waals surface area contributed by atoms with Crippen LogP contribution in [0.4, 0.5) is 5.69 Å². The van der Waals surface area contributed by atoms with Crippen LogP contribution in [0.3, 0.4) is 0 Å². The molecule has 0 bridgehead atoms. The van der Waals surface area contributed by atoms with E-state index in [1.165, 1.54) is 6.08 Å². The Labute approximate surface area is 85.6 Å². The Balaban J connectivity index is 2.92. The molecule has 70 valence electrons. The summed E-state index contributed by atoms with van der Waals surface area (Å²) in [6, 6.07) is 5.55. The average Bonchev–Trinajstić information content (AvgIpc) is 2.46. The fraction of sp³-hybridized carbons (Fsp3) is 0.100. The molecule has 0 radical (unpaired) electrons. The van der Waals surface area contributed by atoms with E-state index < -0.39 is 0 Å². The van der Waals surface area contributed by atoms with E-state index in [4.69, 9.17) is 11.6 Å². The van der Waals surface area contributed by atoms with Crippen LogP contribution in [0.2, 0.25) is 5.02 Å². The predicted molar refractivity (Wildman–Crippen MR) is 55.7 cm³/mol. The van der Waals surface area contributed by atoms with Gasteiger partial charge >= 0.3 is 0 Å². The SMILES string of the molecule is Cn1cc(N=C=O)c2c(Cl)cccc21. The Hall–Kier alpha value is -1.57. The molecule has 1 heterocycles. The zero-order chi connectivity index (χ0) is 10.1. The molecule has 0 saturated carbocycles. The minimum Gasteiger partial charge on any atom is -0.348 e. The summed E-state index contributed by atoms with van der Waals surface area (Å²) in [4.78, 5) is 13.8. The van der Waals surface area contributed by atoms with E-state index in [1.807, 2.05) is 23.7 Å². The molecular formula is C10H7ClN2O.